The van der Waals surface area contributed by atoms with Crippen LogP contribution in [0.5, 0.6) is 0 Å². The van der Waals surface area contributed by atoms with E-state index in [2.05, 4.69) is 10.5 Å². The molecule has 0 unspecified atom stereocenters. The number of amides is 1. The minimum Gasteiger partial charge on any atom is -0.478 e. The maximum Gasteiger partial charge on any atom is 0.336 e. The molecule has 0 atom stereocenters. The summed E-state index contributed by atoms with van der Waals surface area (Å²) in [4.78, 5) is 22.9. The van der Waals surface area contributed by atoms with Gasteiger partial charge in [-0.05, 0) is 24.3 Å². The number of aromatic carboxylic acids is 1. The van der Waals surface area contributed by atoms with Crippen molar-refractivity contribution < 1.29 is 14.7 Å². The number of nitrogens with one attached hydrogen (secondary N) is 1. The predicted octanol–water partition coefficient (Wildman–Crippen LogP) is 3.46. The van der Waals surface area contributed by atoms with E-state index in [-0.39, 0.29) is 16.1 Å². The highest BCUT2D eigenvalue weighted by Gasteiger charge is 2.08. The van der Waals surface area contributed by atoms with Crippen LogP contribution in [0.3, 0.4) is 0 Å². The number of benzene rings is 2. The molecule has 0 spiro atoms. The number of carboxylic acid groups (broad SMARTS) is 1. The molecule has 0 saturated carbocycles. The highest BCUT2D eigenvalue weighted by Crippen LogP contribution is 2.22. The van der Waals surface area contributed by atoms with E-state index < -0.39 is 11.9 Å². The second kappa shape index (κ2) is 7.06. The molecule has 2 N–H and O–H groups in total. The Bertz CT molecular complexity index is 760. The van der Waals surface area contributed by atoms with Crippen molar-refractivity contribution in [3.05, 3.63) is 69.2 Å². The lowest BCUT2D eigenvalue weighted by atomic mass is 10.1. The van der Waals surface area contributed by atoms with Gasteiger partial charge < -0.3 is 5.11 Å². The third-order valence-electron chi connectivity index (χ3n) is 2.74. The first-order valence-corrected chi connectivity index (χ1v) is 6.85. The molecule has 0 radical (unpaired) electrons. The van der Waals surface area contributed by atoms with E-state index in [0.717, 1.165) is 0 Å². The molecular weight excluding hydrogens is 327 g/mol. The van der Waals surface area contributed by atoms with Crippen LogP contribution in [0.25, 0.3) is 0 Å². The molecule has 1 amide bonds. The summed E-state index contributed by atoms with van der Waals surface area (Å²) in [5.41, 5.74) is 3.06. The molecule has 0 aliphatic heterocycles. The Morgan fingerprint density at radius 1 is 1.09 bits per heavy atom. The molecule has 5 nitrogen and oxygen atoms in total. The van der Waals surface area contributed by atoms with Gasteiger partial charge in [0.2, 0.25) is 0 Å². The van der Waals surface area contributed by atoms with Crippen LogP contribution < -0.4 is 5.43 Å². The van der Waals surface area contributed by atoms with Gasteiger partial charge in [-0.25, -0.2) is 10.2 Å². The largest absolute Gasteiger partial charge is 0.478 e. The van der Waals surface area contributed by atoms with Crippen molar-refractivity contribution in [3.63, 3.8) is 0 Å². The van der Waals surface area contributed by atoms with E-state index in [9.17, 15) is 9.59 Å². The summed E-state index contributed by atoms with van der Waals surface area (Å²) in [5, 5.41) is 13.4. The first kappa shape index (κ1) is 16.0. The zero-order valence-corrected chi connectivity index (χ0v) is 12.6. The van der Waals surface area contributed by atoms with Gasteiger partial charge in [0.25, 0.3) is 5.91 Å². The number of carbonyl (C=O) groups is 2. The van der Waals surface area contributed by atoms with Crippen molar-refractivity contribution in [2.75, 3.05) is 0 Å². The topological polar surface area (TPSA) is 78.8 Å². The lowest BCUT2D eigenvalue weighted by Gasteiger charge is -2.02. The summed E-state index contributed by atoms with van der Waals surface area (Å²) >= 11 is 11.6. The zero-order valence-electron chi connectivity index (χ0n) is 11.1. The van der Waals surface area contributed by atoms with Crippen LogP contribution in [0.4, 0.5) is 0 Å². The zero-order chi connectivity index (χ0) is 16.1. The molecule has 0 heterocycles. The number of hydrogen-bond donors (Lipinski definition) is 2. The third kappa shape index (κ3) is 3.84. The Morgan fingerprint density at radius 2 is 1.82 bits per heavy atom. The van der Waals surface area contributed by atoms with Gasteiger partial charge in [-0.1, -0.05) is 41.4 Å². The van der Waals surface area contributed by atoms with Crippen LogP contribution in [0.2, 0.25) is 10.0 Å². The molecule has 7 heteroatoms. The molecule has 0 aliphatic carbocycles. The highest BCUT2D eigenvalue weighted by atomic mass is 35.5. The highest BCUT2D eigenvalue weighted by molar-refractivity contribution is 6.42. The molecule has 0 aromatic heterocycles. The summed E-state index contributed by atoms with van der Waals surface area (Å²) in [6, 6.07) is 10.7. The fourth-order valence-corrected chi connectivity index (χ4v) is 1.96. The first-order valence-electron chi connectivity index (χ1n) is 6.10. The van der Waals surface area contributed by atoms with Crippen LogP contribution >= 0.6 is 23.2 Å². The van der Waals surface area contributed by atoms with Crippen LogP contribution in [0.15, 0.2) is 47.6 Å². The molecular formula is C15H10Cl2N2O3. The number of hydrazone groups is 1. The van der Waals surface area contributed by atoms with Gasteiger partial charge in [0.05, 0.1) is 21.8 Å². The van der Waals surface area contributed by atoms with Gasteiger partial charge in [0.1, 0.15) is 0 Å². The average molecular weight is 337 g/mol. The Balaban J connectivity index is 2.11. The lowest BCUT2D eigenvalue weighted by Crippen LogP contribution is -2.17. The molecule has 0 fully saturated rings. The third-order valence-corrected chi connectivity index (χ3v) is 3.48. The molecule has 2 aromatic carbocycles. The van der Waals surface area contributed by atoms with E-state index in [4.69, 9.17) is 28.3 Å². The minimum absolute atomic E-state index is 0.0926. The lowest BCUT2D eigenvalue weighted by molar-refractivity contribution is 0.0696. The van der Waals surface area contributed by atoms with E-state index >= 15 is 0 Å². The summed E-state index contributed by atoms with van der Waals surface area (Å²) in [6.07, 6.45) is 1.26. The van der Waals surface area contributed by atoms with Crippen molar-refractivity contribution in [2.45, 2.75) is 0 Å². The second-order valence-corrected chi connectivity index (χ2v) is 5.03. The van der Waals surface area contributed by atoms with Crippen molar-refractivity contribution in [1.29, 1.82) is 0 Å². The van der Waals surface area contributed by atoms with Gasteiger partial charge in [-0.2, -0.15) is 5.10 Å². The van der Waals surface area contributed by atoms with Gasteiger partial charge in [-0.3, -0.25) is 4.79 Å². The SMILES string of the molecule is O=C(N/N=C\c1ccccc1C(=O)O)c1ccc(Cl)c(Cl)c1. The Morgan fingerprint density at radius 3 is 2.50 bits per heavy atom. The van der Waals surface area contributed by atoms with Crippen LogP contribution in [0, 0.1) is 0 Å². The molecule has 2 aromatic rings. The maximum absolute atomic E-state index is 11.9. The van der Waals surface area contributed by atoms with Crippen molar-refractivity contribution >= 4 is 41.3 Å². The number of carbonyl (C=O) groups excluding carboxylic acids is 1. The summed E-state index contributed by atoms with van der Waals surface area (Å²) < 4.78 is 0. The quantitative estimate of drug-likeness (QED) is 0.662. The number of carboxylic acids is 1. The Kier molecular flexibility index (Phi) is 5.14. The van der Waals surface area contributed by atoms with Crippen LogP contribution in [-0.4, -0.2) is 23.2 Å². The van der Waals surface area contributed by atoms with Gasteiger partial charge >= 0.3 is 5.97 Å². The smallest absolute Gasteiger partial charge is 0.336 e. The number of halogens is 2. The van der Waals surface area contributed by atoms with Gasteiger partial charge in [-0.15, -0.1) is 0 Å². The predicted molar refractivity (Wildman–Crippen MR) is 84.9 cm³/mol. The van der Waals surface area contributed by atoms with Crippen molar-refractivity contribution in [3.8, 4) is 0 Å². The number of hydrogen-bond acceptors (Lipinski definition) is 3. The standard InChI is InChI=1S/C15H10Cl2N2O3/c16-12-6-5-9(7-13(12)17)14(20)19-18-8-10-3-1-2-4-11(10)15(21)22/h1-8H,(H,19,20)(H,21,22)/b18-8-. The molecule has 22 heavy (non-hydrogen) atoms. The number of rotatable bonds is 4. The van der Waals surface area contributed by atoms with E-state index in [1.54, 1.807) is 18.2 Å². The van der Waals surface area contributed by atoms with Crippen molar-refractivity contribution in [1.82, 2.24) is 5.43 Å². The minimum atomic E-state index is -1.07. The fourth-order valence-electron chi connectivity index (χ4n) is 1.67. The van der Waals surface area contributed by atoms with Crippen LogP contribution in [-0.2, 0) is 0 Å². The van der Waals surface area contributed by atoms with Crippen LogP contribution in [0.1, 0.15) is 26.3 Å². The second-order valence-electron chi connectivity index (χ2n) is 4.22. The molecule has 112 valence electrons. The van der Waals surface area contributed by atoms with Gasteiger partial charge in [0.15, 0.2) is 0 Å². The monoisotopic (exact) mass is 336 g/mol. The van der Waals surface area contributed by atoms with Gasteiger partial charge in [0, 0.05) is 11.1 Å². The molecule has 0 bridgehead atoms. The number of nitrogens with zero attached hydrogens (tertiary/aromatic N) is 1. The normalized spacial score (nSPS) is 10.6. The van der Waals surface area contributed by atoms with Crippen molar-refractivity contribution in [2.24, 2.45) is 5.10 Å². The summed E-state index contributed by atoms with van der Waals surface area (Å²) in [5.74, 6) is -1.56. The fraction of sp³-hybridized carbons (Fsp3) is 0. The average Bonchev–Trinajstić information content (AvgIpc) is 2.50. The Labute approximate surface area is 136 Å². The summed E-state index contributed by atoms with van der Waals surface area (Å²) in [7, 11) is 0. The molecule has 0 saturated heterocycles. The molecule has 0 aliphatic rings. The Hall–Kier alpha value is -2.37. The molecule has 2 rings (SSSR count). The van der Waals surface area contributed by atoms with E-state index in [1.165, 1.54) is 30.5 Å². The van der Waals surface area contributed by atoms with E-state index in [1.807, 2.05) is 0 Å². The maximum atomic E-state index is 11.9. The first-order chi connectivity index (χ1) is 10.5. The summed E-state index contributed by atoms with van der Waals surface area (Å²) in [6.45, 7) is 0. The van der Waals surface area contributed by atoms with E-state index in [0.29, 0.717) is 10.6 Å².